The standard InChI is InChI=1S/C12H13FO2/c1-7(2)12(14)11-6-8-5-9(13)3-4-10(8)15-11/h3-5,7,11H,6H2,1-2H3. The summed E-state index contributed by atoms with van der Waals surface area (Å²) in [6.07, 6.45) is 0.0613. The minimum absolute atomic E-state index is 0.0471. The number of rotatable bonds is 2. The van der Waals surface area contributed by atoms with Crippen LogP contribution in [0.15, 0.2) is 18.2 Å². The summed E-state index contributed by atoms with van der Waals surface area (Å²) in [5.41, 5.74) is 0.786. The molecule has 1 aromatic carbocycles. The van der Waals surface area contributed by atoms with E-state index in [2.05, 4.69) is 0 Å². The molecule has 0 amide bonds. The number of carbonyl (C=O) groups is 1. The minimum atomic E-state index is -0.429. The molecule has 1 aliphatic heterocycles. The zero-order valence-corrected chi connectivity index (χ0v) is 8.79. The maximum Gasteiger partial charge on any atom is 0.176 e. The Morgan fingerprint density at radius 1 is 1.53 bits per heavy atom. The molecule has 2 rings (SSSR count). The Balaban J connectivity index is 2.19. The van der Waals surface area contributed by atoms with E-state index in [0.717, 1.165) is 5.56 Å². The molecular weight excluding hydrogens is 195 g/mol. The zero-order valence-electron chi connectivity index (χ0n) is 8.79. The summed E-state index contributed by atoms with van der Waals surface area (Å²) in [7, 11) is 0. The number of halogens is 1. The lowest BCUT2D eigenvalue weighted by Gasteiger charge is -2.11. The summed E-state index contributed by atoms with van der Waals surface area (Å²) in [5, 5.41) is 0. The summed E-state index contributed by atoms with van der Waals surface area (Å²) >= 11 is 0. The van der Waals surface area contributed by atoms with Gasteiger partial charge < -0.3 is 4.74 Å². The number of hydrogen-bond donors (Lipinski definition) is 0. The predicted molar refractivity (Wildman–Crippen MR) is 54.4 cm³/mol. The van der Waals surface area contributed by atoms with Gasteiger partial charge in [-0.15, -0.1) is 0 Å². The molecule has 1 unspecified atom stereocenters. The molecule has 0 saturated heterocycles. The van der Waals surface area contributed by atoms with Crippen LogP contribution >= 0.6 is 0 Å². The monoisotopic (exact) mass is 208 g/mol. The Labute approximate surface area is 88.1 Å². The van der Waals surface area contributed by atoms with Crippen molar-refractivity contribution in [3.8, 4) is 5.75 Å². The summed E-state index contributed by atoms with van der Waals surface area (Å²) in [5.74, 6) is 0.381. The van der Waals surface area contributed by atoms with Gasteiger partial charge in [0.2, 0.25) is 0 Å². The fraction of sp³-hybridized carbons (Fsp3) is 0.417. The number of ketones is 1. The van der Waals surface area contributed by atoms with Crippen molar-refractivity contribution in [1.29, 1.82) is 0 Å². The highest BCUT2D eigenvalue weighted by molar-refractivity contribution is 5.86. The van der Waals surface area contributed by atoms with E-state index < -0.39 is 6.10 Å². The van der Waals surface area contributed by atoms with Gasteiger partial charge in [0, 0.05) is 17.9 Å². The highest BCUT2D eigenvalue weighted by Gasteiger charge is 2.30. The Hall–Kier alpha value is -1.38. The molecule has 1 aromatic rings. The lowest BCUT2D eigenvalue weighted by Crippen LogP contribution is -2.29. The van der Waals surface area contributed by atoms with Gasteiger partial charge in [0.05, 0.1) is 0 Å². The van der Waals surface area contributed by atoms with Gasteiger partial charge in [0.15, 0.2) is 11.9 Å². The van der Waals surface area contributed by atoms with Gasteiger partial charge >= 0.3 is 0 Å². The highest BCUT2D eigenvalue weighted by Crippen LogP contribution is 2.30. The first kappa shape index (κ1) is 10.1. The molecule has 0 bridgehead atoms. The molecule has 0 radical (unpaired) electrons. The van der Waals surface area contributed by atoms with Crippen LogP contribution in [0.2, 0.25) is 0 Å². The number of Topliss-reactive ketones (excluding diaryl/α,β-unsaturated/α-hetero) is 1. The average Bonchev–Trinajstić information content (AvgIpc) is 2.58. The van der Waals surface area contributed by atoms with Crippen molar-refractivity contribution in [2.45, 2.75) is 26.4 Å². The Bertz CT molecular complexity index is 399. The molecule has 15 heavy (non-hydrogen) atoms. The Kier molecular flexibility index (Phi) is 2.47. The largest absolute Gasteiger partial charge is 0.482 e. The molecule has 2 nitrogen and oxygen atoms in total. The molecule has 0 aliphatic carbocycles. The van der Waals surface area contributed by atoms with Crippen LogP contribution in [-0.2, 0) is 11.2 Å². The van der Waals surface area contributed by atoms with Crippen molar-refractivity contribution in [3.63, 3.8) is 0 Å². The second kappa shape index (κ2) is 3.65. The third-order valence-electron chi connectivity index (χ3n) is 2.58. The van der Waals surface area contributed by atoms with E-state index in [9.17, 15) is 9.18 Å². The summed E-state index contributed by atoms with van der Waals surface area (Å²) in [6.45, 7) is 3.69. The van der Waals surface area contributed by atoms with Crippen molar-refractivity contribution >= 4 is 5.78 Å². The zero-order chi connectivity index (χ0) is 11.0. The maximum absolute atomic E-state index is 12.9. The highest BCUT2D eigenvalue weighted by atomic mass is 19.1. The molecule has 3 heteroatoms. The van der Waals surface area contributed by atoms with E-state index >= 15 is 0 Å². The van der Waals surface area contributed by atoms with E-state index in [1.54, 1.807) is 6.07 Å². The molecule has 0 saturated carbocycles. The van der Waals surface area contributed by atoms with Crippen LogP contribution in [0.5, 0.6) is 5.75 Å². The van der Waals surface area contributed by atoms with Gasteiger partial charge in [0.25, 0.3) is 0 Å². The van der Waals surface area contributed by atoms with Crippen molar-refractivity contribution < 1.29 is 13.9 Å². The van der Waals surface area contributed by atoms with E-state index in [1.807, 2.05) is 13.8 Å². The fourth-order valence-corrected chi connectivity index (χ4v) is 1.75. The molecule has 1 heterocycles. The van der Waals surface area contributed by atoms with Crippen LogP contribution in [0, 0.1) is 11.7 Å². The topological polar surface area (TPSA) is 26.3 Å². The van der Waals surface area contributed by atoms with Crippen LogP contribution in [0.3, 0.4) is 0 Å². The molecule has 0 aromatic heterocycles. The van der Waals surface area contributed by atoms with Gasteiger partial charge in [0.1, 0.15) is 11.6 Å². The smallest absolute Gasteiger partial charge is 0.176 e. The molecule has 1 atom stereocenters. The van der Waals surface area contributed by atoms with Crippen LogP contribution in [-0.4, -0.2) is 11.9 Å². The third-order valence-corrected chi connectivity index (χ3v) is 2.58. The molecule has 0 N–H and O–H groups in total. The van der Waals surface area contributed by atoms with Crippen molar-refractivity contribution in [1.82, 2.24) is 0 Å². The van der Waals surface area contributed by atoms with Gasteiger partial charge in [-0.2, -0.15) is 0 Å². The van der Waals surface area contributed by atoms with Crippen molar-refractivity contribution in [2.75, 3.05) is 0 Å². The number of carbonyl (C=O) groups excluding carboxylic acids is 1. The van der Waals surface area contributed by atoms with Crippen molar-refractivity contribution in [3.05, 3.63) is 29.6 Å². The lowest BCUT2D eigenvalue weighted by molar-refractivity contribution is -0.128. The number of hydrogen-bond acceptors (Lipinski definition) is 2. The summed E-state index contributed by atoms with van der Waals surface area (Å²) in [6, 6.07) is 4.36. The van der Waals surface area contributed by atoms with E-state index in [-0.39, 0.29) is 17.5 Å². The second-order valence-corrected chi connectivity index (χ2v) is 4.12. The Morgan fingerprint density at radius 2 is 2.27 bits per heavy atom. The molecule has 0 fully saturated rings. The average molecular weight is 208 g/mol. The van der Waals surface area contributed by atoms with Crippen LogP contribution in [0.4, 0.5) is 4.39 Å². The first-order valence-corrected chi connectivity index (χ1v) is 5.06. The van der Waals surface area contributed by atoms with Crippen LogP contribution in [0.25, 0.3) is 0 Å². The normalized spacial score (nSPS) is 18.8. The number of fused-ring (bicyclic) bond motifs is 1. The second-order valence-electron chi connectivity index (χ2n) is 4.12. The maximum atomic E-state index is 12.9. The van der Waals surface area contributed by atoms with Crippen molar-refractivity contribution in [2.24, 2.45) is 5.92 Å². The fourth-order valence-electron chi connectivity index (χ4n) is 1.75. The molecular formula is C12H13FO2. The SMILES string of the molecule is CC(C)C(=O)C1Cc2cc(F)ccc2O1. The van der Waals surface area contributed by atoms with E-state index in [1.165, 1.54) is 12.1 Å². The van der Waals surface area contributed by atoms with Gasteiger partial charge in [-0.25, -0.2) is 4.39 Å². The predicted octanol–water partition coefficient (Wildman–Crippen LogP) is 2.35. The van der Waals surface area contributed by atoms with Crippen LogP contribution in [0.1, 0.15) is 19.4 Å². The summed E-state index contributed by atoms with van der Waals surface area (Å²) in [4.78, 5) is 11.7. The van der Waals surface area contributed by atoms with E-state index in [4.69, 9.17) is 4.74 Å². The molecule has 0 spiro atoms. The van der Waals surface area contributed by atoms with Gasteiger partial charge in [-0.1, -0.05) is 13.8 Å². The van der Waals surface area contributed by atoms with Gasteiger partial charge in [-0.3, -0.25) is 4.79 Å². The molecule has 1 aliphatic rings. The summed E-state index contributed by atoms with van der Waals surface area (Å²) < 4.78 is 18.4. The minimum Gasteiger partial charge on any atom is -0.482 e. The number of ether oxygens (including phenoxy) is 1. The third kappa shape index (κ3) is 1.87. The first-order chi connectivity index (χ1) is 7.08. The molecule has 80 valence electrons. The number of benzene rings is 1. The van der Waals surface area contributed by atoms with Crippen LogP contribution < -0.4 is 4.74 Å². The quantitative estimate of drug-likeness (QED) is 0.745. The Morgan fingerprint density at radius 3 is 2.93 bits per heavy atom. The van der Waals surface area contributed by atoms with E-state index in [0.29, 0.717) is 12.2 Å². The lowest BCUT2D eigenvalue weighted by atomic mass is 10.00. The van der Waals surface area contributed by atoms with Gasteiger partial charge in [-0.05, 0) is 18.2 Å². The first-order valence-electron chi connectivity index (χ1n) is 5.06.